The number of hydrogen-bond acceptors (Lipinski definition) is 6. The first-order valence-corrected chi connectivity index (χ1v) is 7.74. The van der Waals surface area contributed by atoms with Gasteiger partial charge in [0.25, 0.3) is 5.88 Å². The van der Waals surface area contributed by atoms with E-state index in [0.29, 0.717) is 5.69 Å². The first kappa shape index (κ1) is 14.5. The Kier molecular flexibility index (Phi) is 3.82. The average Bonchev–Trinajstić information content (AvgIpc) is 2.36. The normalized spacial score (nSPS) is 11.3. The third kappa shape index (κ3) is 3.00. The molecule has 8 heteroatoms. The summed E-state index contributed by atoms with van der Waals surface area (Å²) in [6.07, 6.45) is 2.32. The van der Waals surface area contributed by atoms with Crippen LogP contribution in [0.4, 0.5) is 0 Å². The molecule has 0 aliphatic heterocycles. The molecule has 1 aromatic heterocycles. The number of aromatic nitrogens is 2. The van der Waals surface area contributed by atoms with Gasteiger partial charge in [-0.3, -0.25) is 0 Å². The summed E-state index contributed by atoms with van der Waals surface area (Å²) < 4.78 is 28.1. The highest BCUT2D eigenvalue weighted by Crippen LogP contribution is 2.34. The monoisotopic (exact) mass is 314 g/mol. The molecule has 0 fully saturated rings. The molecule has 0 spiro atoms. The second-order valence-corrected chi connectivity index (χ2v) is 6.50. The Bertz CT molecular complexity index is 762. The fourth-order valence-corrected chi connectivity index (χ4v) is 2.35. The number of benzene rings is 1. The van der Waals surface area contributed by atoms with Crippen LogP contribution in [0.3, 0.4) is 0 Å². The van der Waals surface area contributed by atoms with Crippen molar-refractivity contribution in [3.8, 4) is 17.4 Å². The average molecular weight is 315 g/mol. The molecule has 0 saturated carbocycles. The smallest absolute Gasteiger partial charge is 0.265 e. The van der Waals surface area contributed by atoms with Crippen LogP contribution >= 0.6 is 11.6 Å². The van der Waals surface area contributed by atoms with Gasteiger partial charge in [0.15, 0.2) is 9.84 Å². The van der Waals surface area contributed by atoms with E-state index in [4.69, 9.17) is 16.3 Å². The largest absolute Gasteiger partial charge is 0.502 e. The first-order chi connectivity index (χ1) is 9.29. The number of aryl methyl sites for hydroxylation is 1. The first-order valence-electron chi connectivity index (χ1n) is 5.47. The Morgan fingerprint density at radius 3 is 2.60 bits per heavy atom. The molecule has 106 valence electrons. The highest BCUT2D eigenvalue weighted by molar-refractivity contribution is 7.90. The number of sulfone groups is 1. The van der Waals surface area contributed by atoms with Crippen molar-refractivity contribution in [2.24, 2.45) is 0 Å². The van der Waals surface area contributed by atoms with Crippen LogP contribution in [0.25, 0.3) is 0 Å². The summed E-state index contributed by atoms with van der Waals surface area (Å²) in [7, 11) is -3.34. The van der Waals surface area contributed by atoms with Crippen molar-refractivity contribution in [2.75, 3.05) is 6.26 Å². The summed E-state index contributed by atoms with van der Waals surface area (Å²) in [6, 6.07) is 4.04. The SMILES string of the molecule is Cc1ncnc(Oc2ccc(S(C)(=O)=O)cc2Cl)c1O. The molecule has 20 heavy (non-hydrogen) atoms. The highest BCUT2D eigenvalue weighted by atomic mass is 35.5. The molecular weight excluding hydrogens is 304 g/mol. The predicted molar refractivity (Wildman–Crippen MR) is 73.1 cm³/mol. The zero-order chi connectivity index (χ0) is 14.9. The Morgan fingerprint density at radius 2 is 2.00 bits per heavy atom. The van der Waals surface area contributed by atoms with Gasteiger partial charge in [0.2, 0.25) is 5.75 Å². The van der Waals surface area contributed by atoms with Crippen molar-refractivity contribution in [1.29, 1.82) is 0 Å². The number of halogens is 1. The van der Waals surface area contributed by atoms with E-state index < -0.39 is 9.84 Å². The van der Waals surface area contributed by atoms with Crippen LogP contribution in [-0.4, -0.2) is 29.7 Å². The third-order valence-electron chi connectivity index (χ3n) is 2.51. The third-order valence-corrected chi connectivity index (χ3v) is 3.92. The van der Waals surface area contributed by atoms with Gasteiger partial charge in [0.05, 0.1) is 15.6 Å². The summed E-state index contributed by atoms with van der Waals surface area (Å²) >= 11 is 5.96. The minimum absolute atomic E-state index is 0.0495. The Labute approximate surface area is 120 Å². The lowest BCUT2D eigenvalue weighted by Gasteiger charge is -2.09. The van der Waals surface area contributed by atoms with E-state index in [0.717, 1.165) is 6.26 Å². The summed E-state index contributed by atoms with van der Waals surface area (Å²) in [5.74, 6) is -0.0604. The van der Waals surface area contributed by atoms with Crippen molar-refractivity contribution in [1.82, 2.24) is 9.97 Å². The van der Waals surface area contributed by atoms with E-state index in [-0.39, 0.29) is 27.3 Å². The Hall–Kier alpha value is -1.86. The van der Waals surface area contributed by atoms with E-state index in [1.165, 1.54) is 24.5 Å². The lowest BCUT2D eigenvalue weighted by atomic mass is 10.3. The van der Waals surface area contributed by atoms with Gasteiger partial charge in [-0.15, -0.1) is 0 Å². The van der Waals surface area contributed by atoms with Gasteiger partial charge in [-0.2, -0.15) is 4.98 Å². The van der Waals surface area contributed by atoms with Gasteiger partial charge in [-0.1, -0.05) is 11.6 Å². The number of ether oxygens (including phenoxy) is 1. The Balaban J connectivity index is 2.38. The van der Waals surface area contributed by atoms with Crippen molar-refractivity contribution in [3.63, 3.8) is 0 Å². The highest BCUT2D eigenvalue weighted by Gasteiger charge is 2.14. The number of rotatable bonds is 3. The quantitative estimate of drug-likeness (QED) is 0.935. The zero-order valence-corrected chi connectivity index (χ0v) is 12.2. The lowest BCUT2D eigenvalue weighted by molar-refractivity contribution is 0.391. The fourth-order valence-electron chi connectivity index (χ4n) is 1.42. The molecule has 2 aromatic rings. The molecular formula is C12H11ClN2O4S. The molecule has 1 aromatic carbocycles. The van der Waals surface area contributed by atoms with Gasteiger partial charge in [0.1, 0.15) is 12.1 Å². The molecule has 0 atom stereocenters. The van der Waals surface area contributed by atoms with E-state index in [1.807, 2.05) is 0 Å². The lowest BCUT2D eigenvalue weighted by Crippen LogP contribution is -1.98. The molecule has 0 bridgehead atoms. The molecule has 0 aliphatic carbocycles. The second kappa shape index (κ2) is 5.26. The second-order valence-electron chi connectivity index (χ2n) is 4.08. The summed E-state index contributed by atoms with van der Waals surface area (Å²) in [5.41, 5.74) is 0.360. The van der Waals surface area contributed by atoms with Crippen LogP contribution in [0, 0.1) is 6.92 Å². The maximum Gasteiger partial charge on any atom is 0.265 e. The van der Waals surface area contributed by atoms with Crippen LogP contribution in [0.15, 0.2) is 29.4 Å². The Morgan fingerprint density at radius 1 is 1.30 bits per heavy atom. The molecule has 6 nitrogen and oxygen atoms in total. The van der Waals surface area contributed by atoms with Gasteiger partial charge in [-0.25, -0.2) is 13.4 Å². The molecule has 1 heterocycles. The van der Waals surface area contributed by atoms with Crippen LogP contribution in [-0.2, 0) is 9.84 Å². The van der Waals surface area contributed by atoms with Crippen LogP contribution in [0.1, 0.15) is 5.69 Å². The molecule has 1 N–H and O–H groups in total. The van der Waals surface area contributed by atoms with Crippen molar-refractivity contribution >= 4 is 21.4 Å². The molecule has 0 saturated heterocycles. The van der Waals surface area contributed by atoms with Crippen molar-refractivity contribution in [2.45, 2.75) is 11.8 Å². The van der Waals surface area contributed by atoms with Gasteiger partial charge in [0, 0.05) is 6.26 Å². The maximum atomic E-state index is 11.4. The fraction of sp³-hybridized carbons (Fsp3) is 0.167. The van der Waals surface area contributed by atoms with E-state index >= 15 is 0 Å². The summed E-state index contributed by atoms with van der Waals surface area (Å²) in [6.45, 7) is 1.60. The minimum Gasteiger partial charge on any atom is -0.502 e. The predicted octanol–water partition coefficient (Wildman–Crippen LogP) is 2.34. The summed E-state index contributed by atoms with van der Waals surface area (Å²) in [4.78, 5) is 7.66. The number of nitrogens with zero attached hydrogens (tertiary/aromatic N) is 2. The molecule has 0 aliphatic rings. The van der Waals surface area contributed by atoms with E-state index in [2.05, 4.69) is 9.97 Å². The van der Waals surface area contributed by atoms with E-state index in [1.54, 1.807) is 6.92 Å². The molecule has 0 unspecified atom stereocenters. The topological polar surface area (TPSA) is 89.4 Å². The van der Waals surface area contributed by atoms with Crippen LogP contribution in [0.2, 0.25) is 5.02 Å². The molecule has 0 radical (unpaired) electrons. The van der Waals surface area contributed by atoms with Crippen LogP contribution in [0.5, 0.6) is 17.4 Å². The van der Waals surface area contributed by atoms with E-state index in [9.17, 15) is 13.5 Å². The standard InChI is InChI=1S/C12H11ClN2O4S/c1-7-11(16)12(15-6-14-7)19-10-4-3-8(5-9(10)13)20(2,17)18/h3-6,16H,1-2H3. The maximum absolute atomic E-state index is 11.4. The molecule has 2 rings (SSSR count). The summed E-state index contributed by atoms with van der Waals surface area (Å²) in [5, 5.41) is 9.85. The van der Waals surface area contributed by atoms with Crippen molar-refractivity contribution < 1.29 is 18.3 Å². The van der Waals surface area contributed by atoms with Crippen molar-refractivity contribution in [3.05, 3.63) is 35.2 Å². The van der Waals surface area contributed by atoms with Gasteiger partial charge < -0.3 is 9.84 Å². The molecule has 0 amide bonds. The van der Waals surface area contributed by atoms with Gasteiger partial charge >= 0.3 is 0 Å². The number of hydrogen-bond donors (Lipinski definition) is 1. The van der Waals surface area contributed by atoms with Crippen LogP contribution < -0.4 is 4.74 Å². The van der Waals surface area contributed by atoms with Gasteiger partial charge in [-0.05, 0) is 25.1 Å². The number of aromatic hydroxyl groups is 1. The zero-order valence-electron chi connectivity index (χ0n) is 10.7. The minimum atomic E-state index is -3.34.